The first kappa shape index (κ1) is 19.4. The van der Waals surface area contributed by atoms with Crippen LogP contribution in [0.25, 0.3) is 0 Å². The van der Waals surface area contributed by atoms with Gasteiger partial charge in [-0.2, -0.15) is 4.31 Å². The number of carbonyl (C=O) groups is 1. The molecule has 0 spiro atoms. The van der Waals surface area contributed by atoms with E-state index in [1.54, 1.807) is 0 Å². The van der Waals surface area contributed by atoms with E-state index >= 15 is 0 Å². The molecule has 0 saturated carbocycles. The highest BCUT2D eigenvalue weighted by Gasteiger charge is 2.22. The van der Waals surface area contributed by atoms with Crippen LogP contribution in [0.5, 0.6) is 0 Å². The SMILES string of the molecule is NC(=O)OCc1ccccc1.NCCS(=O)(=O)N1CCOCC1. The molecule has 0 aliphatic carbocycles. The summed E-state index contributed by atoms with van der Waals surface area (Å²) in [6, 6.07) is 9.37. The molecule has 1 aliphatic rings. The van der Waals surface area contributed by atoms with Crippen LogP contribution in [-0.2, 0) is 26.1 Å². The lowest BCUT2D eigenvalue weighted by Crippen LogP contribution is -2.42. The van der Waals surface area contributed by atoms with Crippen molar-refractivity contribution in [3.63, 3.8) is 0 Å². The average Bonchev–Trinajstić information content (AvgIpc) is 2.55. The van der Waals surface area contributed by atoms with E-state index in [-0.39, 0.29) is 18.9 Å². The normalized spacial score (nSPS) is 15.3. The number of carbonyl (C=O) groups excluding carboxylic acids is 1. The Balaban J connectivity index is 0.000000231. The third kappa shape index (κ3) is 7.93. The standard InChI is InChI=1S/C8H9NO2.C6H14N2O3S/c9-8(10)11-6-7-4-2-1-3-5-7;7-1-6-12(9,10)8-2-4-11-5-3-8/h1-5H,6H2,(H2,9,10);1-7H2. The summed E-state index contributed by atoms with van der Waals surface area (Å²) < 4.78 is 33.8. The third-order valence-corrected chi connectivity index (χ3v) is 4.87. The lowest BCUT2D eigenvalue weighted by Gasteiger charge is -2.25. The second kappa shape index (κ2) is 10.2. The maximum absolute atomic E-state index is 11.4. The summed E-state index contributed by atoms with van der Waals surface area (Å²) in [6.07, 6.45) is -0.742. The second-order valence-electron chi connectivity index (χ2n) is 4.71. The summed E-state index contributed by atoms with van der Waals surface area (Å²) in [5.74, 6) is 0.0347. The molecule has 1 saturated heterocycles. The number of ether oxygens (including phenoxy) is 2. The van der Waals surface area contributed by atoms with Crippen LogP contribution in [0.2, 0.25) is 0 Å². The first-order valence-electron chi connectivity index (χ1n) is 7.17. The van der Waals surface area contributed by atoms with Gasteiger partial charge in [0.05, 0.1) is 19.0 Å². The molecule has 1 aromatic carbocycles. The maximum Gasteiger partial charge on any atom is 0.404 e. The van der Waals surface area contributed by atoms with Crippen molar-refractivity contribution in [3.05, 3.63) is 35.9 Å². The summed E-state index contributed by atoms with van der Waals surface area (Å²) >= 11 is 0. The highest BCUT2D eigenvalue weighted by molar-refractivity contribution is 7.89. The van der Waals surface area contributed by atoms with Crippen LogP contribution in [0, 0.1) is 0 Å². The van der Waals surface area contributed by atoms with Crippen LogP contribution >= 0.6 is 0 Å². The molecule has 0 bridgehead atoms. The molecule has 2 rings (SSSR count). The minimum Gasteiger partial charge on any atom is -0.445 e. The van der Waals surface area contributed by atoms with Crippen molar-refractivity contribution in [1.82, 2.24) is 4.31 Å². The molecule has 0 atom stereocenters. The van der Waals surface area contributed by atoms with E-state index in [9.17, 15) is 13.2 Å². The Labute approximate surface area is 136 Å². The van der Waals surface area contributed by atoms with E-state index in [1.165, 1.54) is 4.31 Å². The van der Waals surface area contributed by atoms with E-state index in [0.29, 0.717) is 26.3 Å². The highest BCUT2D eigenvalue weighted by atomic mass is 32.2. The first-order chi connectivity index (χ1) is 11.0. The van der Waals surface area contributed by atoms with Crippen molar-refractivity contribution in [3.8, 4) is 0 Å². The predicted octanol–water partition coefficient (Wildman–Crippen LogP) is -0.111. The molecular weight excluding hydrogens is 322 g/mol. The van der Waals surface area contributed by atoms with Crippen LogP contribution in [0.4, 0.5) is 4.79 Å². The Hall–Kier alpha value is -1.68. The van der Waals surface area contributed by atoms with Crippen molar-refractivity contribution >= 4 is 16.1 Å². The Morgan fingerprint density at radius 2 is 1.83 bits per heavy atom. The zero-order valence-electron chi connectivity index (χ0n) is 12.9. The fourth-order valence-electron chi connectivity index (χ4n) is 1.83. The Bertz CT molecular complexity index is 559. The van der Waals surface area contributed by atoms with Gasteiger partial charge in [0.1, 0.15) is 6.61 Å². The summed E-state index contributed by atoms with van der Waals surface area (Å²) in [5, 5.41) is 0. The van der Waals surface area contributed by atoms with Gasteiger partial charge in [0, 0.05) is 19.6 Å². The van der Waals surface area contributed by atoms with Crippen LogP contribution in [0.15, 0.2) is 30.3 Å². The fraction of sp³-hybridized carbons (Fsp3) is 0.500. The molecule has 0 radical (unpaired) electrons. The number of amides is 1. The molecule has 4 N–H and O–H groups in total. The van der Waals surface area contributed by atoms with Gasteiger partial charge in [-0.1, -0.05) is 30.3 Å². The summed E-state index contributed by atoms with van der Waals surface area (Å²) in [6.45, 7) is 2.33. The van der Waals surface area contributed by atoms with Crippen LogP contribution in [-0.4, -0.2) is 57.4 Å². The minimum absolute atomic E-state index is 0.0347. The minimum atomic E-state index is -3.11. The Morgan fingerprint density at radius 1 is 1.22 bits per heavy atom. The lowest BCUT2D eigenvalue weighted by atomic mass is 10.2. The summed E-state index contributed by atoms with van der Waals surface area (Å²) in [4.78, 5) is 10.2. The quantitative estimate of drug-likeness (QED) is 0.767. The van der Waals surface area contributed by atoms with Crippen molar-refractivity contribution in [2.75, 3.05) is 38.6 Å². The van der Waals surface area contributed by atoms with Crippen molar-refractivity contribution in [1.29, 1.82) is 0 Å². The van der Waals surface area contributed by atoms with E-state index in [1.807, 2.05) is 30.3 Å². The van der Waals surface area contributed by atoms with Gasteiger partial charge in [-0.3, -0.25) is 0 Å². The molecule has 130 valence electrons. The molecule has 8 nitrogen and oxygen atoms in total. The van der Waals surface area contributed by atoms with Crippen molar-refractivity contribution in [2.24, 2.45) is 11.5 Å². The number of morpholine rings is 1. The topological polar surface area (TPSA) is 125 Å². The molecule has 0 unspecified atom stereocenters. The number of primary amides is 1. The van der Waals surface area contributed by atoms with Crippen LogP contribution in [0.3, 0.4) is 0 Å². The van der Waals surface area contributed by atoms with Gasteiger partial charge in [-0.25, -0.2) is 13.2 Å². The lowest BCUT2D eigenvalue weighted by molar-refractivity contribution is 0.0731. The smallest absolute Gasteiger partial charge is 0.404 e. The largest absolute Gasteiger partial charge is 0.445 e. The van der Waals surface area contributed by atoms with Crippen molar-refractivity contribution in [2.45, 2.75) is 6.61 Å². The summed E-state index contributed by atoms with van der Waals surface area (Å²) in [7, 11) is -3.11. The molecule has 1 aliphatic heterocycles. The fourth-order valence-corrected chi connectivity index (χ4v) is 3.09. The van der Waals surface area contributed by atoms with E-state index in [4.69, 9.17) is 16.2 Å². The van der Waals surface area contributed by atoms with Crippen LogP contribution < -0.4 is 11.5 Å². The maximum atomic E-state index is 11.4. The van der Waals surface area contributed by atoms with E-state index in [0.717, 1.165) is 5.56 Å². The number of hydrogen-bond acceptors (Lipinski definition) is 6. The average molecular weight is 345 g/mol. The van der Waals surface area contributed by atoms with Gasteiger partial charge < -0.3 is 20.9 Å². The number of rotatable bonds is 5. The molecular formula is C14H23N3O5S. The number of hydrogen-bond donors (Lipinski definition) is 2. The van der Waals surface area contributed by atoms with Gasteiger partial charge in [0.2, 0.25) is 10.0 Å². The highest BCUT2D eigenvalue weighted by Crippen LogP contribution is 2.04. The number of nitrogens with zero attached hydrogens (tertiary/aromatic N) is 1. The molecule has 1 aromatic rings. The van der Waals surface area contributed by atoms with Gasteiger partial charge in [0.25, 0.3) is 0 Å². The molecule has 1 heterocycles. The zero-order valence-corrected chi connectivity index (χ0v) is 13.7. The molecule has 1 fully saturated rings. The predicted molar refractivity (Wildman–Crippen MR) is 86.0 cm³/mol. The number of nitrogens with two attached hydrogens (primary N) is 2. The number of sulfonamides is 1. The molecule has 9 heteroatoms. The van der Waals surface area contributed by atoms with Gasteiger partial charge >= 0.3 is 6.09 Å². The van der Waals surface area contributed by atoms with E-state index < -0.39 is 16.1 Å². The third-order valence-electron chi connectivity index (χ3n) is 2.96. The molecule has 23 heavy (non-hydrogen) atoms. The van der Waals surface area contributed by atoms with E-state index in [2.05, 4.69) is 4.74 Å². The monoisotopic (exact) mass is 345 g/mol. The second-order valence-corrected chi connectivity index (χ2v) is 6.80. The zero-order chi connectivity index (χ0) is 17.1. The Morgan fingerprint density at radius 3 is 2.35 bits per heavy atom. The first-order valence-corrected chi connectivity index (χ1v) is 8.78. The Kier molecular flexibility index (Phi) is 8.56. The molecule has 1 amide bonds. The van der Waals surface area contributed by atoms with Crippen molar-refractivity contribution < 1.29 is 22.7 Å². The molecule has 0 aromatic heterocycles. The van der Waals surface area contributed by atoms with Gasteiger partial charge in [-0.05, 0) is 5.56 Å². The van der Waals surface area contributed by atoms with Gasteiger partial charge in [0.15, 0.2) is 0 Å². The van der Waals surface area contributed by atoms with Gasteiger partial charge in [-0.15, -0.1) is 0 Å². The number of benzene rings is 1. The van der Waals surface area contributed by atoms with Crippen LogP contribution in [0.1, 0.15) is 5.56 Å². The summed E-state index contributed by atoms with van der Waals surface area (Å²) in [5.41, 5.74) is 10.9.